The summed E-state index contributed by atoms with van der Waals surface area (Å²) in [6.45, 7) is 5.39. The molecule has 0 fully saturated rings. The summed E-state index contributed by atoms with van der Waals surface area (Å²) < 4.78 is 0. The van der Waals surface area contributed by atoms with Crippen LogP contribution in [0.2, 0.25) is 0 Å². The first-order valence-corrected chi connectivity index (χ1v) is 8.27. The summed E-state index contributed by atoms with van der Waals surface area (Å²) in [5, 5.41) is 2.76. The Balaban J connectivity index is 1.92. The van der Waals surface area contributed by atoms with Gasteiger partial charge in [-0.2, -0.15) is 0 Å². The Kier molecular flexibility index (Phi) is 4.16. The number of nitrogens with zero attached hydrogens (tertiary/aromatic N) is 1. The normalized spacial score (nSPS) is 13.8. The molecular formula is C19H18N2O3S. The maximum atomic E-state index is 12.6. The van der Waals surface area contributed by atoms with Crippen molar-refractivity contribution in [2.24, 2.45) is 0 Å². The number of anilines is 1. The van der Waals surface area contributed by atoms with Crippen LogP contribution in [-0.4, -0.2) is 28.2 Å². The standard InChI is InChI=1S/C19H18N2O3S/c1-19(2,3)21-17(23)12-9-8-11(10-13(12)18(21)24)16(22)20-14-6-4-5-7-15(14)25/h4-10,25H,1-3H3,(H,20,22). The lowest BCUT2D eigenvalue weighted by Gasteiger charge is -2.29. The largest absolute Gasteiger partial charge is 0.321 e. The van der Waals surface area contributed by atoms with Crippen LogP contribution < -0.4 is 5.32 Å². The molecule has 3 amide bonds. The van der Waals surface area contributed by atoms with Crippen LogP contribution in [0.25, 0.3) is 0 Å². The number of benzene rings is 2. The van der Waals surface area contributed by atoms with Gasteiger partial charge in [-0.25, -0.2) is 0 Å². The lowest BCUT2D eigenvalue weighted by molar-refractivity contribution is 0.0507. The van der Waals surface area contributed by atoms with Crippen molar-refractivity contribution >= 4 is 36.0 Å². The number of hydrogen-bond acceptors (Lipinski definition) is 4. The topological polar surface area (TPSA) is 66.5 Å². The van der Waals surface area contributed by atoms with E-state index in [2.05, 4.69) is 17.9 Å². The van der Waals surface area contributed by atoms with Gasteiger partial charge in [0.15, 0.2) is 0 Å². The Morgan fingerprint density at radius 2 is 1.64 bits per heavy atom. The van der Waals surface area contributed by atoms with Gasteiger partial charge in [-0.1, -0.05) is 12.1 Å². The number of rotatable bonds is 2. The van der Waals surface area contributed by atoms with Gasteiger partial charge in [0.1, 0.15) is 0 Å². The van der Waals surface area contributed by atoms with E-state index in [4.69, 9.17) is 0 Å². The van der Waals surface area contributed by atoms with Gasteiger partial charge in [-0.15, -0.1) is 12.6 Å². The minimum Gasteiger partial charge on any atom is -0.321 e. The molecule has 2 aromatic carbocycles. The van der Waals surface area contributed by atoms with Crippen LogP contribution in [-0.2, 0) is 0 Å². The molecule has 2 aromatic rings. The van der Waals surface area contributed by atoms with Gasteiger partial charge in [0, 0.05) is 16.0 Å². The third kappa shape index (κ3) is 3.05. The molecule has 25 heavy (non-hydrogen) atoms. The number of thiol groups is 1. The summed E-state index contributed by atoms with van der Waals surface area (Å²) in [6, 6.07) is 11.7. The quantitative estimate of drug-likeness (QED) is 0.639. The maximum absolute atomic E-state index is 12.6. The van der Waals surface area contributed by atoms with Crippen LogP contribution in [0.15, 0.2) is 47.4 Å². The number of imide groups is 1. The van der Waals surface area contributed by atoms with E-state index in [9.17, 15) is 14.4 Å². The molecule has 1 aliphatic rings. The smallest absolute Gasteiger partial charge is 0.262 e. The Hall–Kier alpha value is -2.60. The van der Waals surface area contributed by atoms with Crippen molar-refractivity contribution in [3.63, 3.8) is 0 Å². The van der Waals surface area contributed by atoms with Crippen LogP contribution in [0.5, 0.6) is 0 Å². The third-order valence-electron chi connectivity index (χ3n) is 3.97. The van der Waals surface area contributed by atoms with E-state index in [1.54, 1.807) is 45.0 Å². The fourth-order valence-corrected chi connectivity index (χ4v) is 2.98. The van der Waals surface area contributed by atoms with Crippen LogP contribution in [0, 0.1) is 0 Å². The van der Waals surface area contributed by atoms with Crippen LogP contribution in [0.3, 0.4) is 0 Å². The van der Waals surface area contributed by atoms with Crippen molar-refractivity contribution in [2.45, 2.75) is 31.2 Å². The third-order valence-corrected chi connectivity index (χ3v) is 4.36. The zero-order chi connectivity index (χ0) is 18.4. The highest BCUT2D eigenvalue weighted by atomic mass is 32.1. The molecule has 0 saturated carbocycles. The highest BCUT2D eigenvalue weighted by Crippen LogP contribution is 2.30. The molecule has 1 heterocycles. The minimum absolute atomic E-state index is 0.256. The van der Waals surface area contributed by atoms with Gasteiger partial charge >= 0.3 is 0 Å². The fourth-order valence-electron chi connectivity index (χ4n) is 2.77. The van der Waals surface area contributed by atoms with E-state index < -0.39 is 5.54 Å². The van der Waals surface area contributed by atoms with E-state index >= 15 is 0 Å². The lowest BCUT2D eigenvalue weighted by Crippen LogP contribution is -2.45. The summed E-state index contributed by atoms with van der Waals surface area (Å²) in [4.78, 5) is 39.4. The molecule has 1 N–H and O–H groups in total. The van der Waals surface area contributed by atoms with Gasteiger partial charge in [-0.05, 0) is 51.1 Å². The van der Waals surface area contributed by atoms with Gasteiger partial charge < -0.3 is 5.32 Å². The second-order valence-electron chi connectivity index (χ2n) is 6.85. The summed E-state index contributed by atoms with van der Waals surface area (Å²) in [6.07, 6.45) is 0. The van der Waals surface area contributed by atoms with Crippen LogP contribution >= 0.6 is 12.6 Å². The molecule has 6 heteroatoms. The average molecular weight is 354 g/mol. The predicted octanol–water partition coefficient (Wildman–Crippen LogP) is 3.62. The predicted molar refractivity (Wildman–Crippen MR) is 98.3 cm³/mol. The summed E-state index contributed by atoms with van der Waals surface area (Å²) in [5.74, 6) is -1.07. The first kappa shape index (κ1) is 17.2. The number of carbonyl (C=O) groups excluding carboxylic acids is 3. The number of hydrogen-bond donors (Lipinski definition) is 2. The molecule has 0 saturated heterocycles. The number of nitrogens with one attached hydrogen (secondary N) is 1. The first-order chi connectivity index (χ1) is 11.7. The van der Waals surface area contributed by atoms with Crippen molar-refractivity contribution in [3.8, 4) is 0 Å². The molecule has 0 atom stereocenters. The van der Waals surface area contributed by atoms with Gasteiger partial charge in [0.25, 0.3) is 17.7 Å². The highest BCUT2D eigenvalue weighted by molar-refractivity contribution is 7.80. The van der Waals surface area contributed by atoms with Crippen LogP contribution in [0.4, 0.5) is 5.69 Å². The fraction of sp³-hybridized carbons (Fsp3) is 0.211. The first-order valence-electron chi connectivity index (χ1n) is 7.82. The molecule has 1 aliphatic heterocycles. The van der Waals surface area contributed by atoms with Crippen molar-refractivity contribution in [1.29, 1.82) is 0 Å². The molecular weight excluding hydrogens is 336 g/mol. The van der Waals surface area contributed by atoms with Gasteiger partial charge in [-0.3, -0.25) is 19.3 Å². The van der Waals surface area contributed by atoms with Gasteiger partial charge in [0.05, 0.1) is 16.8 Å². The molecule has 3 rings (SSSR count). The molecule has 0 radical (unpaired) electrons. The molecule has 0 spiro atoms. The van der Waals surface area contributed by atoms with Crippen molar-refractivity contribution in [1.82, 2.24) is 4.90 Å². The van der Waals surface area contributed by atoms with Gasteiger partial charge in [0.2, 0.25) is 0 Å². The molecule has 0 unspecified atom stereocenters. The Morgan fingerprint density at radius 1 is 1.00 bits per heavy atom. The summed E-state index contributed by atoms with van der Waals surface area (Å²) in [7, 11) is 0. The van der Waals surface area contributed by atoms with E-state index in [1.807, 2.05) is 6.07 Å². The molecule has 128 valence electrons. The van der Waals surface area contributed by atoms with E-state index in [1.165, 1.54) is 17.0 Å². The zero-order valence-electron chi connectivity index (χ0n) is 14.2. The Bertz CT molecular complexity index is 900. The van der Waals surface area contributed by atoms with Crippen molar-refractivity contribution < 1.29 is 14.4 Å². The second-order valence-corrected chi connectivity index (χ2v) is 7.33. The highest BCUT2D eigenvalue weighted by Gasteiger charge is 2.42. The SMILES string of the molecule is CC(C)(C)N1C(=O)c2ccc(C(=O)Nc3ccccc3S)cc2C1=O. The van der Waals surface area contributed by atoms with E-state index in [-0.39, 0.29) is 23.3 Å². The van der Waals surface area contributed by atoms with Crippen LogP contribution in [0.1, 0.15) is 51.8 Å². The Morgan fingerprint density at radius 3 is 2.28 bits per heavy atom. The average Bonchev–Trinajstić information content (AvgIpc) is 2.80. The minimum atomic E-state index is -0.624. The molecule has 0 bridgehead atoms. The zero-order valence-corrected chi connectivity index (χ0v) is 15.1. The molecule has 5 nitrogen and oxygen atoms in total. The lowest BCUT2D eigenvalue weighted by atomic mass is 10.1. The molecule has 0 aromatic heterocycles. The summed E-state index contributed by atoms with van der Waals surface area (Å²) >= 11 is 4.30. The van der Waals surface area contributed by atoms with Crippen molar-refractivity contribution in [3.05, 3.63) is 59.2 Å². The second kappa shape index (κ2) is 6.04. The maximum Gasteiger partial charge on any atom is 0.262 e. The van der Waals surface area contributed by atoms with Crippen molar-refractivity contribution in [2.75, 3.05) is 5.32 Å². The van der Waals surface area contributed by atoms with E-state index in [0.29, 0.717) is 21.7 Å². The number of fused-ring (bicyclic) bond motifs is 1. The summed E-state index contributed by atoms with van der Waals surface area (Å²) in [5.41, 5.74) is 0.848. The number of carbonyl (C=O) groups is 3. The monoisotopic (exact) mass is 354 g/mol. The Labute approximate surface area is 151 Å². The molecule has 0 aliphatic carbocycles. The number of amides is 3. The number of para-hydroxylation sites is 1. The van der Waals surface area contributed by atoms with E-state index in [0.717, 1.165) is 0 Å².